The molecule has 0 radical (unpaired) electrons. The van der Waals surface area contributed by atoms with Crippen LogP contribution in [0, 0.1) is 92.7 Å². The molecule has 8 saturated carbocycles. The standard InChI is InChI=1S/C34H51F3O11S.C31H45F3O11S/c1-18(8-11-29(41)48-32(6,34(35,36)37)17-49(42,43)44)24-9-10-25-30-26(16-28(33(24,25)7)47-21(4)40)31(5)13-12-23(45-19(2)38)14-22(31)15-27(30)46-20(3)39;1-18(5-8-26(38)45-29(3,31(32,33)34)14-46(39,40)41)21-6-7-22-27-23(13-25(44-17-37)30(21,22)4)28(2)10-9-20(42-15-35)11-19(28)12-24(27)43-16-36/h18,22-28,30H,8-17H2,1-7H3,(H,42,43,44);15-25,27H,5-14H2,1-4H3,(H,39,40,41)/p-2/t18-,22?,23?,24-,25+,26+,27?,28?,30+,31+,32?,33-;18-,19?,20?,21-,22+,23+,24?,25?,27+,28+,29?,30-/m11/s1. The van der Waals surface area contributed by atoms with E-state index in [2.05, 4.69) is 30.2 Å². The second-order valence-corrected chi connectivity index (χ2v) is 33.1. The third kappa shape index (κ3) is 16.3. The Morgan fingerprint density at radius 3 is 1.31 bits per heavy atom. The maximum atomic E-state index is 13.7. The number of hydrogen-bond acceptors (Lipinski definition) is 22. The van der Waals surface area contributed by atoms with E-state index in [1.165, 1.54) is 20.8 Å². The van der Waals surface area contributed by atoms with Gasteiger partial charge >= 0.3 is 42.2 Å². The molecule has 0 N–H and O–H groups in total. The summed E-state index contributed by atoms with van der Waals surface area (Å²) < 4.78 is 193. The zero-order valence-electron chi connectivity index (χ0n) is 55.8. The van der Waals surface area contributed by atoms with Crippen molar-refractivity contribution in [2.24, 2.45) is 92.7 Å². The van der Waals surface area contributed by atoms with Crippen LogP contribution in [0.5, 0.6) is 0 Å². The monoisotopic (exact) mass is 1400 g/mol. The number of esters is 5. The van der Waals surface area contributed by atoms with Gasteiger partial charge < -0.3 is 47.0 Å². The first-order valence-electron chi connectivity index (χ1n) is 33.0. The Bertz CT molecular complexity index is 3060. The van der Waals surface area contributed by atoms with E-state index in [9.17, 15) is 90.6 Å². The van der Waals surface area contributed by atoms with Gasteiger partial charge in [-0.3, -0.25) is 38.4 Å². The summed E-state index contributed by atoms with van der Waals surface area (Å²) in [7, 11) is -10.7. The molecule has 8 fully saturated rings. The third-order valence-electron chi connectivity index (χ3n) is 24.9. The van der Waals surface area contributed by atoms with Crippen LogP contribution < -0.4 is 0 Å². The van der Waals surface area contributed by atoms with Crippen LogP contribution in [0.2, 0.25) is 0 Å². The average Bonchev–Trinajstić information content (AvgIpc) is 1.68. The van der Waals surface area contributed by atoms with Crippen molar-refractivity contribution < 1.29 is 129 Å². The summed E-state index contributed by atoms with van der Waals surface area (Å²) in [5.74, 6) is -8.27. The summed E-state index contributed by atoms with van der Waals surface area (Å²) in [5, 5.41) is 0. The molecule has 24 atom stereocenters. The Hall–Kier alpha value is -4.84. The van der Waals surface area contributed by atoms with Gasteiger partial charge in [0.2, 0.25) is 11.2 Å². The van der Waals surface area contributed by atoms with Crippen molar-refractivity contribution in [3.05, 3.63) is 0 Å². The molecule has 0 aliphatic heterocycles. The molecule has 0 heterocycles. The van der Waals surface area contributed by atoms with Crippen molar-refractivity contribution in [1.82, 2.24) is 0 Å². The van der Waals surface area contributed by atoms with E-state index < -0.39 is 127 Å². The molecule has 0 saturated heterocycles. The van der Waals surface area contributed by atoms with Gasteiger partial charge in [-0.15, -0.1) is 0 Å². The quantitative estimate of drug-likeness (QED) is 0.0302. The second-order valence-electron chi connectivity index (χ2n) is 30.2. The Kier molecular flexibility index (Phi) is 23.5. The number of halogens is 6. The molecule has 22 nitrogen and oxygen atoms in total. The minimum absolute atomic E-state index is 0.0256. The summed E-state index contributed by atoms with van der Waals surface area (Å²) >= 11 is 0. The summed E-state index contributed by atoms with van der Waals surface area (Å²) in [6.45, 7) is 18.5. The van der Waals surface area contributed by atoms with Crippen LogP contribution in [0.3, 0.4) is 0 Å². The summed E-state index contributed by atoms with van der Waals surface area (Å²) in [6, 6.07) is 0. The largest absolute Gasteiger partial charge is 0.748 e. The van der Waals surface area contributed by atoms with Gasteiger partial charge in [0.15, 0.2) is 0 Å². The highest BCUT2D eigenvalue weighted by Crippen LogP contribution is 2.71. The van der Waals surface area contributed by atoms with E-state index in [1.54, 1.807) is 0 Å². The van der Waals surface area contributed by atoms with E-state index in [0.717, 1.165) is 25.7 Å². The number of ether oxygens (including phenoxy) is 8. The highest BCUT2D eigenvalue weighted by molar-refractivity contribution is 7.86. The minimum atomic E-state index is -5.37. The van der Waals surface area contributed by atoms with Gasteiger partial charge in [-0.1, -0.05) is 41.5 Å². The van der Waals surface area contributed by atoms with Crippen LogP contribution >= 0.6 is 0 Å². The molecule has 8 aliphatic carbocycles. The normalized spacial score (nSPS) is 38.5. The number of carbonyl (C=O) groups excluding carboxylic acids is 8. The van der Waals surface area contributed by atoms with Gasteiger partial charge in [0, 0.05) is 56.3 Å². The molecule has 30 heteroatoms. The maximum absolute atomic E-state index is 13.7. The van der Waals surface area contributed by atoms with E-state index in [1.807, 2.05) is 20.8 Å². The lowest BCUT2D eigenvalue weighted by molar-refractivity contribution is -0.256. The summed E-state index contributed by atoms with van der Waals surface area (Å²) in [4.78, 5) is 96.7. The van der Waals surface area contributed by atoms with Crippen LogP contribution in [-0.2, 0) is 96.5 Å². The molecule has 542 valence electrons. The fourth-order valence-electron chi connectivity index (χ4n) is 20.6. The minimum Gasteiger partial charge on any atom is -0.748 e. The maximum Gasteiger partial charge on any atom is 0.429 e. The van der Waals surface area contributed by atoms with Gasteiger partial charge in [-0.25, -0.2) is 16.8 Å². The number of rotatable bonds is 23. The molecule has 0 amide bonds. The lowest BCUT2D eigenvalue weighted by Gasteiger charge is -2.64. The van der Waals surface area contributed by atoms with Crippen LogP contribution in [0.1, 0.15) is 192 Å². The topological polar surface area (TPSA) is 325 Å². The summed E-state index contributed by atoms with van der Waals surface area (Å²) in [6.07, 6.45) is -4.30. The third-order valence-corrected chi connectivity index (χ3v) is 26.7. The number of alkyl halides is 6. The van der Waals surface area contributed by atoms with Gasteiger partial charge in [0.25, 0.3) is 19.4 Å². The van der Waals surface area contributed by atoms with Crippen molar-refractivity contribution in [3.63, 3.8) is 0 Å². The molecule has 8 aliphatic rings. The predicted molar refractivity (Wildman–Crippen MR) is 318 cm³/mol. The van der Waals surface area contributed by atoms with Gasteiger partial charge in [0.1, 0.15) is 36.6 Å². The van der Waals surface area contributed by atoms with Crippen LogP contribution in [0.15, 0.2) is 0 Å². The van der Waals surface area contributed by atoms with Crippen LogP contribution in [-0.4, -0.2) is 147 Å². The molecule has 10 unspecified atom stereocenters. The van der Waals surface area contributed by atoms with Crippen molar-refractivity contribution >= 4 is 69.5 Å². The molecule has 0 aromatic carbocycles. The molecular formula is C65H94F6O22S2-2. The first-order chi connectivity index (χ1) is 43.7. The van der Waals surface area contributed by atoms with E-state index in [4.69, 9.17) is 28.4 Å². The molecular weight excluding hydrogens is 1310 g/mol. The highest BCUT2D eigenvalue weighted by atomic mass is 32.2. The SMILES string of the molecule is CC(=O)OC1CC[C@@]2(C)C(C1)CC(OC(C)=O)[C@H]1[C@@H]3CC[C@H]([C@H](C)CCC(=O)OC(C)(CS(=O)(=O)[O-])C(F)(F)F)[C@@]3(C)C(OC(C)=O)C[C@@H]12.C[C@H](CCC(=O)OC(C)(CS(=O)(=O)[O-])C(F)(F)F)[C@H]1CC[C@H]2[C@@H]3C(OC=O)CC4CC(OC=O)CC[C@]4(C)[C@H]3CC(OC=O)[C@]12C. The fraction of sp³-hybridized carbons (Fsp3) is 0.877. The Balaban J connectivity index is 0.000000269. The Morgan fingerprint density at radius 1 is 0.505 bits per heavy atom. The zero-order chi connectivity index (χ0) is 71.2. The van der Waals surface area contributed by atoms with Crippen LogP contribution in [0.25, 0.3) is 0 Å². The average molecular weight is 1410 g/mol. The van der Waals surface area contributed by atoms with Gasteiger partial charge in [-0.2, -0.15) is 26.3 Å². The predicted octanol–water partition coefficient (Wildman–Crippen LogP) is 9.80. The molecule has 0 aromatic heterocycles. The Labute approximate surface area is 552 Å². The molecule has 0 bridgehead atoms. The van der Waals surface area contributed by atoms with E-state index in [-0.39, 0.29) is 113 Å². The fourth-order valence-corrected chi connectivity index (χ4v) is 22.4. The molecule has 0 spiro atoms. The Morgan fingerprint density at radius 2 is 0.895 bits per heavy atom. The second kappa shape index (κ2) is 28.8. The number of fused-ring (bicyclic) bond motifs is 10. The highest BCUT2D eigenvalue weighted by Gasteiger charge is 2.70. The van der Waals surface area contributed by atoms with Crippen molar-refractivity contribution in [2.75, 3.05) is 11.5 Å². The van der Waals surface area contributed by atoms with E-state index in [0.29, 0.717) is 97.5 Å². The van der Waals surface area contributed by atoms with Crippen molar-refractivity contribution in [3.8, 4) is 0 Å². The summed E-state index contributed by atoms with van der Waals surface area (Å²) in [5.41, 5.74) is -8.58. The van der Waals surface area contributed by atoms with Crippen molar-refractivity contribution in [2.45, 2.75) is 252 Å². The number of carbonyl (C=O) groups is 8. The van der Waals surface area contributed by atoms with Gasteiger partial charge in [-0.05, 0) is 187 Å². The molecule has 8 rings (SSSR count). The van der Waals surface area contributed by atoms with E-state index >= 15 is 0 Å². The first kappa shape index (κ1) is 77.5. The molecule has 95 heavy (non-hydrogen) atoms. The zero-order valence-corrected chi connectivity index (χ0v) is 57.5. The van der Waals surface area contributed by atoms with Crippen LogP contribution in [0.4, 0.5) is 26.3 Å². The number of hydrogen-bond donors (Lipinski definition) is 0. The first-order valence-corrected chi connectivity index (χ1v) is 36.1. The lowest BCUT2D eigenvalue weighted by Crippen LogP contribution is -2.63. The van der Waals surface area contributed by atoms with Gasteiger partial charge in [0.05, 0.1) is 31.7 Å². The lowest BCUT2D eigenvalue weighted by atomic mass is 9.43. The molecule has 0 aromatic rings. The van der Waals surface area contributed by atoms with Crippen molar-refractivity contribution in [1.29, 1.82) is 0 Å². The smallest absolute Gasteiger partial charge is 0.429 e.